The molecule has 59 heavy (non-hydrogen) atoms. The lowest BCUT2D eigenvalue weighted by molar-refractivity contribution is -0.286. The van der Waals surface area contributed by atoms with E-state index >= 15 is 0 Å². The second-order valence-electron chi connectivity index (χ2n) is 14.5. The maximum atomic E-state index is 13.8. The fourth-order valence-electron chi connectivity index (χ4n) is 5.72. The monoisotopic (exact) mass is 861 g/mol. The van der Waals surface area contributed by atoms with Crippen LogP contribution in [0.15, 0.2) is 91.1 Å². The highest BCUT2D eigenvalue weighted by Crippen LogP contribution is 2.52. The predicted octanol–water partition coefficient (Wildman–Crippen LogP) is 8.36. The van der Waals surface area contributed by atoms with Gasteiger partial charge in [-0.1, -0.05) is 107 Å². The van der Waals surface area contributed by atoms with E-state index in [4.69, 9.17) is 4.74 Å². The van der Waals surface area contributed by atoms with Crippen LogP contribution in [0.2, 0.25) is 0 Å². The zero-order valence-electron chi connectivity index (χ0n) is 34.3. The second-order valence-corrected chi connectivity index (χ2v) is 17.6. The van der Waals surface area contributed by atoms with Crippen LogP contribution < -0.4 is 25.4 Å². The summed E-state index contributed by atoms with van der Waals surface area (Å²) in [5.41, 5.74) is -0.470. The first-order valence-electron chi connectivity index (χ1n) is 20.2. The Kier molecular flexibility index (Phi) is 21.9. The second kappa shape index (κ2) is 26.2. The number of ether oxygens (including phenoxy) is 3. The molecule has 1 aliphatic carbocycles. The minimum Gasteiger partial charge on any atom is -0.441 e. The number of aliphatic hydroxyl groups excluding tert-OH is 2. The molecule has 2 aliphatic rings. The summed E-state index contributed by atoms with van der Waals surface area (Å²) in [6.45, 7) is 5.20. The predicted molar refractivity (Wildman–Crippen MR) is 233 cm³/mol. The summed E-state index contributed by atoms with van der Waals surface area (Å²) in [5.74, 6) is -0.0766. The van der Waals surface area contributed by atoms with Gasteiger partial charge in [-0.25, -0.2) is 4.79 Å². The van der Waals surface area contributed by atoms with E-state index in [1.165, 1.54) is 33.7 Å². The molecule has 1 fully saturated rings. The van der Waals surface area contributed by atoms with Crippen molar-refractivity contribution in [2.45, 2.75) is 114 Å². The highest BCUT2D eigenvalue weighted by Gasteiger charge is 2.53. The largest absolute Gasteiger partial charge is 0.586 e. The highest BCUT2D eigenvalue weighted by molar-refractivity contribution is 8.77. The quantitative estimate of drug-likeness (QED) is 0.0316. The van der Waals surface area contributed by atoms with Gasteiger partial charge in [0, 0.05) is 30.0 Å². The van der Waals surface area contributed by atoms with Crippen LogP contribution in [0.5, 0.6) is 11.5 Å². The molecule has 0 aromatic heterocycles. The third-order valence-electron chi connectivity index (χ3n) is 9.33. The molecule has 1 aromatic carbocycles. The van der Waals surface area contributed by atoms with Crippen LogP contribution >= 0.6 is 21.6 Å². The van der Waals surface area contributed by atoms with Gasteiger partial charge in [-0.05, 0) is 89.3 Å². The van der Waals surface area contributed by atoms with Crippen molar-refractivity contribution in [1.29, 1.82) is 0 Å². The number of rotatable bonds is 28. The number of carbonyl (C=O) groups is 3. The Morgan fingerprint density at radius 2 is 1.41 bits per heavy atom. The van der Waals surface area contributed by atoms with Crippen molar-refractivity contribution in [3.8, 4) is 11.5 Å². The van der Waals surface area contributed by atoms with E-state index in [-0.39, 0.29) is 29.9 Å². The first kappa shape index (κ1) is 49.3. The summed E-state index contributed by atoms with van der Waals surface area (Å²) in [7, 11) is 2.97. The number of amides is 3. The van der Waals surface area contributed by atoms with Crippen LogP contribution in [0.4, 0.5) is 13.6 Å². The number of nitrogens with one attached hydrogen (secondary N) is 3. The zero-order chi connectivity index (χ0) is 43.0. The molecule has 0 radical (unpaired) electrons. The van der Waals surface area contributed by atoms with Gasteiger partial charge in [0.2, 0.25) is 11.8 Å². The standard InChI is InChI=1S/C44H61F2N3O8S2/c1-4-5-6-7-8-9-10-11-12-13-14-15-16-17-18-19-20-21-22-23-39(52)47-28-29-58-59-42(2,3)38(31-48-41(54)55-35(32-50)33-51)49-40(53)43(26-27-43)34-24-25-36-37(30-34)57-44(45,46)56-36/h5-6,8-9,11-12,14-15,17-18,20-21,24-25,30,35,38,50-51H,4,7,10,13,16,19,22-23,26-29,31-33H2,1-3H3,(H,47,52)(H,48,54)(H,49,53)/b6-5-,9-8-,12-11-,15-14-,18-17-,21-20-/t38-/m1/s1. The van der Waals surface area contributed by atoms with Gasteiger partial charge >= 0.3 is 12.4 Å². The maximum Gasteiger partial charge on any atom is 0.586 e. The minimum absolute atomic E-state index is 0.0479. The summed E-state index contributed by atoms with van der Waals surface area (Å²) >= 11 is 0. The van der Waals surface area contributed by atoms with E-state index in [1.54, 1.807) is 6.07 Å². The van der Waals surface area contributed by atoms with E-state index in [0.29, 0.717) is 43.5 Å². The van der Waals surface area contributed by atoms with Gasteiger partial charge in [-0.3, -0.25) is 9.59 Å². The molecule has 5 N–H and O–H groups in total. The average Bonchev–Trinajstić information content (AvgIpc) is 3.95. The molecule has 1 atom stereocenters. The van der Waals surface area contributed by atoms with Gasteiger partial charge in [0.05, 0.1) is 24.7 Å². The van der Waals surface area contributed by atoms with Crippen molar-refractivity contribution in [3.63, 3.8) is 0 Å². The summed E-state index contributed by atoms with van der Waals surface area (Å²) in [6.07, 6.45) is 27.6. The Bertz CT molecular complexity index is 1660. The van der Waals surface area contributed by atoms with E-state index in [0.717, 1.165) is 38.5 Å². The molecule has 0 saturated heterocycles. The number of benzene rings is 1. The number of halogens is 2. The molecule has 0 unspecified atom stereocenters. The first-order chi connectivity index (χ1) is 28.4. The molecular weight excluding hydrogens is 801 g/mol. The molecule has 1 saturated carbocycles. The molecule has 326 valence electrons. The van der Waals surface area contributed by atoms with E-state index < -0.39 is 47.9 Å². The van der Waals surface area contributed by atoms with Crippen molar-refractivity contribution in [2.24, 2.45) is 0 Å². The lowest BCUT2D eigenvalue weighted by atomic mass is 9.93. The van der Waals surface area contributed by atoms with Crippen LogP contribution in [-0.4, -0.2) is 83.4 Å². The molecule has 0 bridgehead atoms. The Labute approximate surface area is 355 Å². The van der Waals surface area contributed by atoms with Gasteiger partial charge in [0.15, 0.2) is 11.5 Å². The number of fused-ring (bicyclic) bond motifs is 1. The lowest BCUT2D eigenvalue weighted by Gasteiger charge is -2.35. The highest BCUT2D eigenvalue weighted by atomic mass is 33.1. The maximum absolute atomic E-state index is 13.8. The fraction of sp³-hybridized carbons (Fsp3) is 0.523. The van der Waals surface area contributed by atoms with Crippen molar-refractivity contribution < 1.29 is 47.6 Å². The molecule has 0 spiro atoms. The number of carbonyl (C=O) groups excluding carboxylic acids is 3. The third kappa shape index (κ3) is 18.4. The average molecular weight is 862 g/mol. The van der Waals surface area contributed by atoms with Crippen molar-refractivity contribution in [1.82, 2.24) is 16.0 Å². The molecule has 11 nitrogen and oxygen atoms in total. The van der Waals surface area contributed by atoms with Gasteiger partial charge in [0.25, 0.3) is 0 Å². The van der Waals surface area contributed by atoms with Crippen LogP contribution in [0.1, 0.15) is 90.5 Å². The Morgan fingerprint density at radius 1 is 0.847 bits per heavy atom. The van der Waals surface area contributed by atoms with Crippen molar-refractivity contribution in [2.75, 3.05) is 32.1 Å². The van der Waals surface area contributed by atoms with E-state index in [9.17, 15) is 33.4 Å². The van der Waals surface area contributed by atoms with Crippen LogP contribution in [0.3, 0.4) is 0 Å². The van der Waals surface area contributed by atoms with Gasteiger partial charge in [0.1, 0.15) is 6.10 Å². The minimum atomic E-state index is -3.78. The summed E-state index contributed by atoms with van der Waals surface area (Å²) < 4.78 is 40.8. The number of alkyl halides is 2. The molecule has 3 rings (SSSR count). The topological polar surface area (TPSA) is 155 Å². The Balaban J connectivity index is 1.38. The fourth-order valence-corrected chi connectivity index (χ4v) is 8.31. The molecule has 1 aliphatic heterocycles. The number of alkyl carbamates (subject to hydrolysis) is 1. The van der Waals surface area contributed by atoms with Gasteiger partial charge < -0.3 is 40.4 Å². The normalized spacial score (nSPS) is 16.3. The summed E-state index contributed by atoms with van der Waals surface area (Å²) in [5, 5.41) is 27.2. The molecule has 3 amide bonds. The zero-order valence-corrected chi connectivity index (χ0v) is 36.0. The van der Waals surface area contributed by atoms with Gasteiger partial charge in [-0.2, -0.15) is 0 Å². The third-order valence-corrected chi connectivity index (χ3v) is 12.7. The number of aliphatic hydroxyl groups is 2. The van der Waals surface area contributed by atoms with Crippen LogP contribution in [0, 0.1) is 0 Å². The van der Waals surface area contributed by atoms with Gasteiger partial charge in [-0.15, -0.1) is 8.78 Å². The summed E-state index contributed by atoms with van der Waals surface area (Å²) in [6, 6.07) is 3.67. The SMILES string of the molecule is CC/C=C\C/C=C\C/C=C\C/C=C\C/C=C\C/C=C\CCC(=O)NCCSSC(C)(C)[C@@H](CNC(=O)OC(CO)CO)NC(=O)C1(c2ccc3c(c2)OC(F)(F)O3)CC1. The Morgan fingerprint density at radius 3 is 1.97 bits per heavy atom. The molecule has 15 heteroatoms. The molecule has 1 heterocycles. The first-order valence-corrected chi connectivity index (χ1v) is 22.5. The number of allylic oxidation sites excluding steroid dienone is 12. The van der Waals surface area contributed by atoms with E-state index in [2.05, 4.69) is 99.2 Å². The number of hydrogen-bond acceptors (Lipinski definition) is 10. The smallest absolute Gasteiger partial charge is 0.441 e. The lowest BCUT2D eigenvalue weighted by Crippen LogP contribution is -2.55. The molecule has 1 aromatic rings. The molecular formula is C44H61F2N3O8S2. The van der Waals surface area contributed by atoms with Crippen LogP contribution in [-0.2, 0) is 19.7 Å². The van der Waals surface area contributed by atoms with Crippen LogP contribution in [0.25, 0.3) is 0 Å². The summed E-state index contributed by atoms with van der Waals surface area (Å²) in [4.78, 5) is 38.7. The van der Waals surface area contributed by atoms with E-state index in [1.807, 2.05) is 19.9 Å². The number of hydrogen-bond donors (Lipinski definition) is 5. The van der Waals surface area contributed by atoms with Crippen molar-refractivity contribution >= 4 is 39.5 Å². The van der Waals surface area contributed by atoms with Crippen molar-refractivity contribution in [3.05, 3.63) is 96.7 Å². The Hall–Kier alpha value is -4.05.